The number of rotatable bonds is 3. The van der Waals surface area contributed by atoms with Gasteiger partial charge in [-0.25, -0.2) is 0 Å². The van der Waals surface area contributed by atoms with Crippen LogP contribution in [-0.4, -0.2) is 12.0 Å². The molecule has 0 radical (unpaired) electrons. The molecule has 0 aliphatic heterocycles. The Balaban J connectivity index is 2.71. The minimum Gasteiger partial charge on any atom is -0.388 e. The molecular weight excluding hydrogens is 220 g/mol. The minimum absolute atomic E-state index is 0.629. The molecule has 18 heavy (non-hydrogen) atoms. The van der Waals surface area contributed by atoms with Crippen LogP contribution in [0.3, 0.4) is 0 Å². The van der Waals surface area contributed by atoms with Gasteiger partial charge in [0.25, 0.3) is 0 Å². The molecule has 0 atom stereocenters. The molecule has 1 N–H and O–H groups in total. The highest BCUT2D eigenvalue weighted by atomic mass is 14.8. The van der Waals surface area contributed by atoms with E-state index in [9.17, 15) is 0 Å². The third-order valence-corrected chi connectivity index (χ3v) is 3.31. The molecule has 1 heterocycles. The van der Waals surface area contributed by atoms with Crippen LogP contribution >= 0.6 is 0 Å². The maximum absolute atomic E-state index is 4.84. The first-order valence-corrected chi connectivity index (χ1v) is 6.60. The van der Waals surface area contributed by atoms with Crippen molar-refractivity contribution < 1.29 is 0 Å². The summed E-state index contributed by atoms with van der Waals surface area (Å²) >= 11 is 0. The van der Waals surface area contributed by atoms with Gasteiger partial charge in [0.15, 0.2) is 0 Å². The van der Waals surface area contributed by atoms with Gasteiger partial charge in [-0.1, -0.05) is 26.0 Å². The molecule has 0 saturated heterocycles. The number of nitrogens with one attached hydrogen (secondary N) is 1. The molecule has 0 aliphatic rings. The summed E-state index contributed by atoms with van der Waals surface area (Å²) in [6.07, 6.45) is 1.03. The summed E-state index contributed by atoms with van der Waals surface area (Å²) in [5, 5.41) is 4.57. The molecule has 2 rings (SSSR count). The van der Waals surface area contributed by atoms with E-state index in [1.807, 2.05) is 7.05 Å². The lowest BCUT2D eigenvalue weighted by Crippen LogP contribution is -2.02. The molecule has 96 valence electrons. The number of benzene rings is 1. The number of aromatic nitrogens is 1. The molecule has 0 fully saturated rings. The lowest BCUT2D eigenvalue weighted by Gasteiger charge is -2.14. The number of anilines is 1. The SMILES string of the molecule is CNc1cc(CC(C)C)nc2c(C)ccc(C)c12. The highest BCUT2D eigenvalue weighted by Crippen LogP contribution is 2.29. The van der Waals surface area contributed by atoms with Crippen molar-refractivity contribution in [2.24, 2.45) is 5.92 Å². The molecule has 1 aromatic heterocycles. The Labute approximate surface area is 109 Å². The number of fused-ring (bicyclic) bond motifs is 1. The monoisotopic (exact) mass is 242 g/mol. The Morgan fingerprint density at radius 2 is 1.83 bits per heavy atom. The van der Waals surface area contributed by atoms with Crippen molar-refractivity contribution in [3.63, 3.8) is 0 Å². The van der Waals surface area contributed by atoms with Crippen LogP contribution in [0, 0.1) is 19.8 Å². The zero-order chi connectivity index (χ0) is 13.3. The van der Waals surface area contributed by atoms with Crippen LogP contribution < -0.4 is 5.32 Å². The van der Waals surface area contributed by atoms with Gasteiger partial charge in [-0.05, 0) is 43.4 Å². The van der Waals surface area contributed by atoms with Gasteiger partial charge in [0.05, 0.1) is 5.52 Å². The van der Waals surface area contributed by atoms with E-state index in [1.54, 1.807) is 0 Å². The van der Waals surface area contributed by atoms with Crippen LogP contribution in [0.5, 0.6) is 0 Å². The van der Waals surface area contributed by atoms with Crippen molar-refractivity contribution in [3.05, 3.63) is 35.0 Å². The van der Waals surface area contributed by atoms with Crippen LogP contribution in [0.4, 0.5) is 5.69 Å². The van der Waals surface area contributed by atoms with E-state index in [0.29, 0.717) is 5.92 Å². The average Bonchev–Trinajstić information content (AvgIpc) is 2.32. The highest BCUT2D eigenvalue weighted by molar-refractivity contribution is 5.95. The summed E-state index contributed by atoms with van der Waals surface area (Å²) in [4.78, 5) is 4.84. The number of hydrogen-bond donors (Lipinski definition) is 1. The third kappa shape index (κ3) is 2.33. The van der Waals surface area contributed by atoms with Crippen LogP contribution in [-0.2, 0) is 6.42 Å². The number of aryl methyl sites for hydroxylation is 2. The quantitative estimate of drug-likeness (QED) is 0.876. The standard InChI is InChI=1S/C16H22N2/c1-10(2)8-13-9-14(17-5)15-11(3)6-7-12(4)16(15)18-13/h6-7,9-10H,8H2,1-5H3,(H,17,18). The summed E-state index contributed by atoms with van der Waals surface area (Å²) in [5.74, 6) is 0.629. The lowest BCUT2D eigenvalue weighted by atomic mass is 10.0. The van der Waals surface area contributed by atoms with E-state index in [-0.39, 0.29) is 0 Å². The van der Waals surface area contributed by atoms with Crippen LogP contribution in [0.1, 0.15) is 30.7 Å². The Morgan fingerprint density at radius 3 is 2.44 bits per heavy atom. The van der Waals surface area contributed by atoms with Crippen molar-refractivity contribution in [1.82, 2.24) is 4.98 Å². The van der Waals surface area contributed by atoms with E-state index in [4.69, 9.17) is 4.98 Å². The Morgan fingerprint density at radius 1 is 1.17 bits per heavy atom. The fraction of sp³-hybridized carbons (Fsp3) is 0.438. The van der Waals surface area contributed by atoms with E-state index >= 15 is 0 Å². The van der Waals surface area contributed by atoms with Crippen molar-refractivity contribution >= 4 is 16.6 Å². The first-order chi connectivity index (χ1) is 8.52. The fourth-order valence-electron chi connectivity index (χ4n) is 2.41. The zero-order valence-electron chi connectivity index (χ0n) is 12.0. The number of hydrogen-bond acceptors (Lipinski definition) is 2. The Hall–Kier alpha value is -1.57. The van der Waals surface area contributed by atoms with Gasteiger partial charge in [-0.3, -0.25) is 4.98 Å². The molecule has 0 saturated carbocycles. The molecule has 0 aliphatic carbocycles. The predicted molar refractivity (Wildman–Crippen MR) is 79.3 cm³/mol. The molecule has 2 heteroatoms. The Bertz CT molecular complexity index is 571. The maximum atomic E-state index is 4.84. The predicted octanol–water partition coefficient (Wildman–Crippen LogP) is 4.09. The second-order valence-electron chi connectivity index (χ2n) is 5.43. The van der Waals surface area contributed by atoms with Gasteiger partial charge in [-0.15, -0.1) is 0 Å². The van der Waals surface area contributed by atoms with Crippen LogP contribution in [0.25, 0.3) is 10.9 Å². The topological polar surface area (TPSA) is 24.9 Å². The van der Waals surface area contributed by atoms with E-state index in [2.05, 4.69) is 51.2 Å². The van der Waals surface area contributed by atoms with Crippen LogP contribution in [0.15, 0.2) is 18.2 Å². The van der Waals surface area contributed by atoms with Gasteiger partial charge >= 0.3 is 0 Å². The fourth-order valence-corrected chi connectivity index (χ4v) is 2.41. The molecular formula is C16H22N2. The van der Waals surface area contributed by atoms with Gasteiger partial charge in [0, 0.05) is 23.8 Å². The third-order valence-electron chi connectivity index (χ3n) is 3.31. The van der Waals surface area contributed by atoms with Gasteiger partial charge in [0.1, 0.15) is 0 Å². The molecule has 0 amide bonds. The molecule has 1 aromatic carbocycles. The van der Waals surface area contributed by atoms with Gasteiger partial charge in [0.2, 0.25) is 0 Å². The number of pyridine rings is 1. The largest absolute Gasteiger partial charge is 0.388 e. The molecule has 0 spiro atoms. The molecule has 0 unspecified atom stereocenters. The summed E-state index contributed by atoms with van der Waals surface area (Å²) in [6, 6.07) is 6.51. The van der Waals surface area contributed by atoms with Crippen molar-refractivity contribution in [2.45, 2.75) is 34.1 Å². The van der Waals surface area contributed by atoms with Crippen molar-refractivity contribution in [1.29, 1.82) is 0 Å². The minimum atomic E-state index is 0.629. The molecule has 2 aromatic rings. The first kappa shape index (κ1) is 12.9. The molecule has 0 bridgehead atoms. The zero-order valence-corrected chi connectivity index (χ0v) is 12.0. The lowest BCUT2D eigenvalue weighted by molar-refractivity contribution is 0.637. The first-order valence-electron chi connectivity index (χ1n) is 6.60. The van der Waals surface area contributed by atoms with Crippen molar-refractivity contribution in [2.75, 3.05) is 12.4 Å². The number of nitrogens with zero attached hydrogens (tertiary/aromatic N) is 1. The van der Waals surface area contributed by atoms with Crippen molar-refractivity contribution in [3.8, 4) is 0 Å². The summed E-state index contributed by atoms with van der Waals surface area (Å²) in [7, 11) is 1.98. The summed E-state index contributed by atoms with van der Waals surface area (Å²) in [6.45, 7) is 8.74. The highest BCUT2D eigenvalue weighted by Gasteiger charge is 2.10. The van der Waals surface area contributed by atoms with E-state index < -0.39 is 0 Å². The Kier molecular flexibility index (Phi) is 3.55. The second-order valence-corrected chi connectivity index (χ2v) is 5.43. The maximum Gasteiger partial charge on any atom is 0.0757 e. The van der Waals surface area contributed by atoms with E-state index in [1.165, 1.54) is 27.9 Å². The molecule has 2 nitrogen and oxygen atoms in total. The van der Waals surface area contributed by atoms with Gasteiger partial charge < -0.3 is 5.32 Å². The smallest absolute Gasteiger partial charge is 0.0757 e. The van der Waals surface area contributed by atoms with Gasteiger partial charge in [-0.2, -0.15) is 0 Å². The van der Waals surface area contributed by atoms with E-state index in [0.717, 1.165) is 11.9 Å². The van der Waals surface area contributed by atoms with Crippen LogP contribution in [0.2, 0.25) is 0 Å². The normalized spacial score (nSPS) is 11.2. The summed E-state index contributed by atoms with van der Waals surface area (Å²) in [5.41, 5.74) is 6.03. The average molecular weight is 242 g/mol. The summed E-state index contributed by atoms with van der Waals surface area (Å²) < 4.78 is 0. The second kappa shape index (κ2) is 4.97.